The molecule has 0 spiro atoms. The molecule has 196 valence electrons. The molecular weight excluding hydrogens is 470 g/mol. The first-order chi connectivity index (χ1) is 16.6. The minimum atomic E-state index is -4.02. The minimum absolute atomic E-state index is 0.155. The first-order valence-electron chi connectivity index (χ1n) is 11.6. The van der Waals surface area contributed by atoms with E-state index < -0.39 is 53.5 Å². The number of carbonyl (C=O) groups is 3. The van der Waals surface area contributed by atoms with Crippen LogP contribution in [-0.2, 0) is 23.9 Å². The molecule has 0 aliphatic carbocycles. The summed E-state index contributed by atoms with van der Waals surface area (Å²) in [5.41, 5.74) is -1.32. The summed E-state index contributed by atoms with van der Waals surface area (Å²) in [4.78, 5) is 38.1. The summed E-state index contributed by atoms with van der Waals surface area (Å²) in [7, 11) is 0. The summed E-state index contributed by atoms with van der Waals surface area (Å²) in [6.07, 6.45) is -0.671. The largest absolute Gasteiger partial charge is 0.460 e. The molecule has 36 heavy (non-hydrogen) atoms. The lowest BCUT2D eigenvalue weighted by molar-refractivity contribution is -0.167. The van der Waals surface area contributed by atoms with Gasteiger partial charge in [-0.2, -0.15) is 8.78 Å². The van der Waals surface area contributed by atoms with Gasteiger partial charge < -0.3 is 20.1 Å². The topological polar surface area (TPSA) is 93.7 Å². The maximum Gasteiger partial charge on any atom is 0.348 e. The van der Waals surface area contributed by atoms with E-state index in [1.54, 1.807) is 90.1 Å². The third-order valence-corrected chi connectivity index (χ3v) is 4.67. The van der Waals surface area contributed by atoms with Crippen molar-refractivity contribution in [2.24, 2.45) is 0 Å². The van der Waals surface area contributed by atoms with E-state index in [0.717, 1.165) is 0 Å². The molecule has 2 rings (SSSR count). The number of alkyl halides is 2. The average Bonchev–Trinajstić information content (AvgIpc) is 2.75. The molecular formula is C27H34F2N2O5. The van der Waals surface area contributed by atoms with Crippen LogP contribution >= 0.6 is 0 Å². The SMILES string of the molecule is CC(C)(C)OC(=O)C[C@H](NC(=O)C(F)(F)C(Nc1ccccc1)c1ccccc1)C(=O)OC(C)(C)C. The third-order valence-electron chi connectivity index (χ3n) is 4.67. The van der Waals surface area contributed by atoms with E-state index in [9.17, 15) is 14.4 Å². The molecule has 0 aliphatic rings. The number of para-hydroxylation sites is 1. The second-order valence-electron chi connectivity index (χ2n) is 10.3. The van der Waals surface area contributed by atoms with Gasteiger partial charge in [-0.05, 0) is 59.2 Å². The Balaban J connectivity index is 2.34. The van der Waals surface area contributed by atoms with Crippen LogP contribution in [0.2, 0.25) is 0 Å². The Kier molecular flexibility index (Phi) is 9.18. The molecule has 2 aromatic rings. The fourth-order valence-corrected chi connectivity index (χ4v) is 3.23. The van der Waals surface area contributed by atoms with Crippen molar-refractivity contribution in [2.75, 3.05) is 5.32 Å². The van der Waals surface area contributed by atoms with Gasteiger partial charge in [-0.15, -0.1) is 0 Å². The van der Waals surface area contributed by atoms with E-state index in [0.29, 0.717) is 5.69 Å². The first kappa shape index (κ1) is 28.7. The summed E-state index contributed by atoms with van der Waals surface area (Å²) in [6, 6.07) is 12.6. The van der Waals surface area contributed by atoms with Crippen LogP contribution in [0.25, 0.3) is 0 Å². The van der Waals surface area contributed by atoms with Gasteiger partial charge in [0.25, 0.3) is 5.91 Å². The van der Waals surface area contributed by atoms with Crippen LogP contribution in [0.5, 0.6) is 0 Å². The normalized spacial score (nSPS) is 13.8. The number of hydrogen-bond donors (Lipinski definition) is 2. The molecule has 0 fully saturated rings. The van der Waals surface area contributed by atoms with E-state index in [2.05, 4.69) is 5.32 Å². The highest BCUT2D eigenvalue weighted by Crippen LogP contribution is 2.35. The van der Waals surface area contributed by atoms with Gasteiger partial charge in [0.2, 0.25) is 0 Å². The van der Waals surface area contributed by atoms with Crippen LogP contribution < -0.4 is 10.6 Å². The fraction of sp³-hybridized carbons (Fsp3) is 0.444. The summed E-state index contributed by atoms with van der Waals surface area (Å²) in [5, 5.41) is 4.74. The zero-order valence-electron chi connectivity index (χ0n) is 21.4. The van der Waals surface area contributed by atoms with Gasteiger partial charge in [0.15, 0.2) is 0 Å². The Morgan fingerprint density at radius 1 is 0.806 bits per heavy atom. The monoisotopic (exact) mass is 504 g/mol. The van der Waals surface area contributed by atoms with Gasteiger partial charge >= 0.3 is 17.9 Å². The summed E-state index contributed by atoms with van der Waals surface area (Å²) in [6.45, 7) is 9.63. The minimum Gasteiger partial charge on any atom is -0.460 e. The summed E-state index contributed by atoms with van der Waals surface area (Å²) >= 11 is 0. The molecule has 0 aromatic heterocycles. The molecule has 1 unspecified atom stereocenters. The standard InChI is InChI=1S/C27H34F2N2O5/c1-25(2,3)35-21(32)17-20(23(33)36-26(4,5)6)31-24(34)27(28,29)22(18-13-9-7-10-14-18)30-19-15-11-8-12-16-19/h7-16,20,22,30H,17H2,1-6H3,(H,31,34)/t20-,22?/m0/s1. The number of amides is 1. The van der Waals surface area contributed by atoms with E-state index in [4.69, 9.17) is 9.47 Å². The lowest BCUT2D eigenvalue weighted by Gasteiger charge is -2.30. The Hall–Kier alpha value is -3.49. The second kappa shape index (κ2) is 11.5. The van der Waals surface area contributed by atoms with E-state index in [-0.39, 0.29) is 5.56 Å². The number of carbonyl (C=O) groups excluding carboxylic acids is 3. The molecule has 2 aromatic carbocycles. The van der Waals surface area contributed by atoms with Crippen LogP contribution in [0, 0.1) is 0 Å². The average molecular weight is 505 g/mol. The number of benzene rings is 2. The van der Waals surface area contributed by atoms with E-state index in [1.165, 1.54) is 12.1 Å². The molecule has 0 saturated heterocycles. The molecule has 2 N–H and O–H groups in total. The first-order valence-corrected chi connectivity index (χ1v) is 11.6. The molecule has 0 saturated carbocycles. The van der Waals surface area contributed by atoms with Gasteiger partial charge in [-0.25, -0.2) is 4.79 Å². The number of esters is 2. The molecule has 9 heteroatoms. The smallest absolute Gasteiger partial charge is 0.348 e. The lowest BCUT2D eigenvalue weighted by Crippen LogP contribution is -2.53. The van der Waals surface area contributed by atoms with Crippen molar-refractivity contribution in [1.29, 1.82) is 0 Å². The zero-order chi connectivity index (χ0) is 27.1. The lowest BCUT2D eigenvalue weighted by atomic mass is 9.98. The maximum absolute atomic E-state index is 15.7. The fourth-order valence-electron chi connectivity index (χ4n) is 3.23. The zero-order valence-corrected chi connectivity index (χ0v) is 21.4. The second-order valence-corrected chi connectivity index (χ2v) is 10.3. The Bertz CT molecular complexity index is 1030. The van der Waals surface area contributed by atoms with Gasteiger partial charge in [-0.3, -0.25) is 9.59 Å². The predicted molar refractivity (Wildman–Crippen MR) is 132 cm³/mol. The summed E-state index contributed by atoms with van der Waals surface area (Å²) in [5.74, 6) is -7.63. The predicted octanol–water partition coefficient (Wildman–Crippen LogP) is 5.03. The molecule has 1 amide bonds. The molecule has 7 nitrogen and oxygen atoms in total. The third kappa shape index (κ3) is 8.94. The van der Waals surface area contributed by atoms with Gasteiger partial charge in [0.05, 0.1) is 6.42 Å². The highest BCUT2D eigenvalue weighted by molar-refractivity contribution is 5.92. The van der Waals surface area contributed by atoms with E-state index >= 15 is 8.78 Å². The number of ether oxygens (including phenoxy) is 2. The number of nitrogens with one attached hydrogen (secondary N) is 2. The van der Waals surface area contributed by atoms with Crippen molar-refractivity contribution in [3.05, 3.63) is 66.2 Å². The Morgan fingerprint density at radius 3 is 1.81 bits per heavy atom. The summed E-state index contributed by atoms with van der Waals surface area (Å²) < 4.78 is 41.8. The number of rotatable bonds is 9. The van der Waals surface area contributed by atoms with Crippen molar-refractivity contribution in [3.8, 4) is 0 Å². The van der Waals surface area contributed by atoms with Crippen LogP contribution in [0.3, 0.4) is 0 Å². The van der Waals surface area contributed by atoms with Crippen molar-refractivity contribution in [2.45, 2.75) is 77.2 Å². The maximum atomic E-state index is 15.7. The highest BCUT2D eigenvalue weighted by Gasteiger charge is 2.49. The van der Waals surface area contributed by atoms with Crippen molar-refractivity contribution < 1.29 is 32.6 Å². The van der Waals surface area contributed by atoms with Gasteiger partial charge in [-0.1, -0.05) is 48.5 Å². The van der Waals surface area contributed by atoms with Crippen LogP contribution in [0.1, 0.15) is 59.6 Å². The Morgan fingerprint density at radius 2 is 1.31 bits per heavy atom. The van der Waals surface area contributed by atoms with Crippen molar-refractivity contribution in [1.82, 2.24) is 5.32 Å². The van der Waals surface area contributed by atoms with Gasteiger partial charge in [0.1, 0.15) is 23.3 Å². The number of hydrogen-bond acceptors (Lipinski definition) is 6. The Labute approximate surface area is 210 Å². The molecule has 0 radical (unpaired) electrons. The number of halogens is 2. The molecule has 0 heterocycles. The van der Waals surface area contributed by atoms with Crippen molar-refractivity contribution in [3.63, 3.8) is 0 Å². The number of anilines is 1. The van der Waals surface area contributed by atoms with Gasteiger partial charge in [0, 0.05) is 5.69 Å². The van der Waals surface area contributed by atoms with Crippen molar-refractivity contribution >= 4 is 23.5 Å². The van der Waals surface area contributed by atoms with Crippen LogP contribution in [0.4, 0.5) is 14.5 Å². The van der Waals surface area contributed by atoms with Crippen LogP contribution in [-0.4, -0.2) is 41.0 Å². The molecule has 2 atom stereocenters. The quantitative estimate of drug-likeness (QED) is 0.465. The van der Waals surface area contributed by atoms with E-state index in [1.807, 2.05) is 5.32 Å². The molecule has 0 aliphatic heterocycles. The molecule has 0 bridgehead atoms. The highest BCUT2D eigenvalue weighted by atomic mass is 19.3. The van der Waals surface area contributed by atoms with Crippen LogP contribution in [0.15, 0.2) is 60.7 Å².